The first-order chi connectivity index (χ1) is 15.9. The molecule has 3 nitrogen and oxygen atoms in total. The molecule has 0 N–H and O–H groups in total. The second-order valence-corrected chi connectivity index (χ2v) is 8.29. The summed E-state index contributed by atoms with van der Waals surface area (Å²) in [5.74, 6) is 0. The summed E-state index contributed by atoms with van der Waals surface area (Å²) in [5.41, 5.74) is 9.01. The van der Waals surface area contributed by atoms with Crippen LogP contribution in [-0.2, 0) is 0 Å². The molecule has 0 spiro atoms. The molecule has 3 aromatic carbocycles. The molecule has 150 valence electrons. The van der Waals surface area contributed by atoms with E-state index >= 15 is 0 Å². The molecular weight excluding hydrogens is 390 g/mol. The minimum Gasteiger partial charge on any atom is -0.309 e. The highest BCUT2D eigenvalue weighted by Gasteiger charge is 2.16. The SMILES string of the molecule is C1=CCC2=c3cc(-c4cccc(-n5c6ccccc6c6ccccc65)c4)cnc3=NC2=C1. The highest BCUT2D eigenvalue weighted by Crippen LogP contribution is 2.33. The molecule has 0 amide bonds. The number of nitrogens with zero attached hydrogens (tertiary/aromatic N) is 3. The lowest BCUT2D eigenvalue weighted by Crippen LogP contribution is -2.26. The quantitative estimate of drug-likeness (QED) is 0.380. The van der Waals surface area contributed by atoms with Crippen molar-refractivity contribution in [3.8, 4) is 16.8 Å². The lowest BCUT2D eigenvalue weighted by molar-refractivity contribution is 1.13. The van der Waals surface area contributed by atoms with E-state index < -0.39 is 0 Å². The first-order valence-corrected chi connectivity index (χ1v) is 10.9. The molecule has 0 radical (unpaired) electrons. The minimum atomic E-state index is 0.831. The van der Waals surface area contributed by atoms with Crippen LogP contribution in [0.3, 0.4) is 0 Å². The molecule has 7 rings (SSSR count). The Labute approximate surface area is 185 Å². The van der Waals surface area contributed by atoms with Crippen LogP contribution in [-0.4, -0.2) is 9.55 Å². The van der Waals surface area contributed by atoms with Gasteiger partial charge in [-0.2, -0.15) is 0 Å². The van der Waals surface area contributed by atoms with Crippen molar-refractivity contribution in [3.63, 3.8) is 0 Å². The summed E-state index contributed by atoms with van der Waals surface area (Å²) in [6, 6.07) is 28.2. The first kappa shape index (κ1) is 17.4. The number of para-hydroxylation sites is 2. The van der Waals surface area contributed by atoms with E-state index in [2.05, 4.69) is 107 Å². The number of aromatic nitrogens is 2. The third-order valence-corrected chi connectivity index (χ3v) is 6.46. The fraction of sp³-hybridized carbons (Fsp3) is 0.0345. The Morgan fingerprint density at radius 3 is 2.34 bits per heavy atom. The number of benzene rings is 3. The highest BCUT2D eigenvalue weighted by molar-refractivity contribution is 6.09. The van der Waals surface area contributed by atoms with Crippen molar-refractivity contribution in [2.24, 2.45) is 4.99 Å². The summed E-state index contributed by atoms with van der Waals surface area (Å²) in [4.78, 5) is 9.38. The van der Waals surface area contributed by atoms with Gasteiger partial charge in [0.15, 0.2) is 5.49 Å². The fourth-order valence-electron chi connectivity index (χ4n) is 4.97. The van der Waals surface area contributed by atoms with Crippen molar-refractivity contribution in [2.45, 2.75) is 6.42 Å². The third-order valence-electron chi connectivity index (χ3n) is 6.46. The zero-order chi connectivity index (χ0) is 21.1. The molecule has 3 heteroatoms. The van der Waals surface area contributed by atoms with Crippen LogP contribution in [0.2, 0.25) is 0 Å². The van der Waals surface area contributed by atoms with Crippen molar-refractivity contribution < 1.29 is 0 Å². The van der Waals surface area contributed by atoms with E-state index in [1.54, 1.807) is 0 Å². The lowest BCUT2D eigenvalue weighted by Gasteiger charge is -2.10. The summed E-state index contributed by atoms with van der Waals surface area (Å²) in [6.07, 6.45) is 9.18. The molecule has 2 aromatic heterocycles. The van der Waals surface area contributed by atoms with Gasteiger partial charge in [0.05, 0.1) is 16.7 Å². The van der Waals surface area contributed by atoms with Crippen molar-refractivity contribution in [3.05, 3.63) is 120 Å². The van der Waals surface area contributed by atoms with E-state index in [0.717, 1.165) is 39.6 Å². The number of hydrogen-bond acceptors (Lipinski definition) is 2. The van der Waals surface area contributed by atoms with Crippen molar-refractivity contribution in [1.29, 1.82) is 0 Å². The largest absolute Gasteiger partial charge is 0.309 e. The van der Waals surface area contributed by atoms with E-state index in [1.165, 1.54) is 27.4 Å². The number of allylic oxidation sites excluding steroid dienone is 4. The van der Waals surface area contributed by atoms with E-state index in [0.29, 0.717) is 0 Å². The van der Waals surface area contributed by atoms with Gasteiger partial charge in [0.1, 0.15) is 0 Å². The Bertz CT molecular complexity index is 1700. The summed E-state index contributed by atoms with van der Waals surface area (Å²) >= 11 is 0. The number of pyridine rings is 1. The van der Waals surface area contributed by atoms with Crippen LogP contribution in [0.5, 0.6) is 0 Å². The molecule has 0 saturated carbocycles. The Morgan fingerprint density at radius 2 is 1.53 bits per heavy atom. The molecule has 0 unspecified atom stereocenters. The smallest absolute Gasteiger partial charge is 0.160 e. The molecular formula is C29H19N3. The number of rotatable bonds is 2. The summed E-state index contributed by atoms with van der Waals surface area (Å²) < 4.78 is 2.35. The topological polar surface area (TPSA) is 30.2 Å². The van der Waals surface area contributed by atoms with Gasteiger partial charge in [0.2, 0.25) is 0 Å². The molecule has 1 aliphatic heterocycles. The van der Waals surface area contributed by atoms with Gasteiger partial charge < -0.3 is 4.57 Å². The molecule has 3 heterocycles. The maximum absolute atomic E-state index is 4.69. The van der Waals surface area contributed by atoms with E-state index in [1.807, 2.05) is 6.20 Å². The average Bonchev–Trinajstić information content (AvgIpc) is 3.39. The van der Waals surface area contributed by atoms with Crippen LogP contribution < -0.4 is 10.7 Å². The number of fused-ring (bicyclic) bond motifs is 5. The molecule has 5 aromatic rings. The van der Waals surface area contributed by atoms with E-state index in [-0.39, 0.29) is 0 Å². The van der Waals surface area contributed by atoms with Crippen LogP contribution in [0, 0.1) is 0 Å². The Hall–Kier alpha value is -4.24. The Balaban J connectivity index is 1.44. The Morgan fingerprint density at radius 1 is 0.750 bits per heavy atom. The molecule has 0 atom stereocenters. The minimum absolute atomic E-state index is 0.831. The average molecular weight is 409 g/mol. The molecule has 32 heavy (non-hydrogen) atoms. The zero-order valence-electron chi connectivity index (χ0n) is 17.4. The molecule has 0 saturated heterocycles. The monoisotopic (exact) mass is 409 g/mol. The van der Waals surface area contributed by atoms with Crippen molar-refractivity contribution >= 4 is 27.4 Å². The van der Waals surface area contributed by atoms with Crippen LogP contribution in [0.1, 0.15) is 6.42 Å². The molecule has 1 aliphatic carbocycles. The molecule has 0 bridgehead atoms. The lowest BCUT2D eigenvalue weighted by atomic mass is 10.0. The van der Waals surface area contributed by atoms with Gasteiger partial charge in [0, 0.05) is 33.4 Å². The van der Waals surface area contributed by atoms with Crippen LogP contribution in [0.25, 0.3) is 44.2 Å². The first-order valence-electron chi connectivity index (χ1n) is 10.9. The van der Waals surface area contributed by atoms with Gasteiger partial charge in [-0.15, -0.1) is 0 Å². The summed E-state index contributed by atoms with van der Waals surface area (Å²) in [7, 11) is 0. The number of hydrogen-bond donors (Lipinski definition) is 0. The maximum Gasteiger partial charge on any atom is 0.160 e. The third kappa shape index (κ3) is 2.48. The van der Waals surface area contributed by atoms with Gasteiger partial charge in [-0.05, 0) is 54.0 Å². The van der Waals surface area contributed by atoms with Gasteiger partial charge >= 0.3 is 0 Å². The predicted octanol–water partition coefficient (Wildman–Crippen LogP) is 5.47. The van der Waals surface area contributed by atoms with Crippen molar-refractivity contribution in [1.82, 2.24) is 9.55 Å². The second kappa shape index (κ2) is 6.63. The standard InChI is InChI=1S/C29H19N3/c1-4-13-26-22(10-1)25-17-20(18-30-29(25)31-26)19-8-7-9-21(16-19)32-27-14-5-2-11-23(27)24-12-3-6-15-28(24)32/h1-9,11-18H,10H2. The Kier molecular flexibility index (Phi) is 3.61. The zero-order valence-corrected chi connectivity index (χ0v) is 17.4. The van der Waals surface area contributed by atoms with Gasteiger partial charge in [-0.3, -0.25) is 0 Å². The molecule has 2 aliphatic rings. The van der Waals surface area contributed by atoms with Gasteiger partial charge in [-0.25, -0.2) is 9.98 Å². The van der Waals surface area contributed by atoms with E-state index in [9.17, 15) is 0 Å². The second-order valence-electron chi connectivity index (χ2n) is 8.29. The maximum atomic E-state index is 4.69. The van der Waals surface area contributed by atoms with Crippen molar-refractivity contribution in [2.75, 3.05) is 0 Å². The molecule has 0 fully saturated rings. The summed E-state index contributed by atoms with van der Waals surface area (Å²) in [5, 5.41) is 3.70. The van der Waals surface area contributed by atoms with Crippen LogP contribution >= 0.6 is 0 Å². The highest BCUT2D eigenvalue weighted by atomic mass is 15.0. The normalized spacial score (nSPS) is 14.4. The predicted molar refractivity (Wildman–Crippen MR) is 130 cm³/mol. The van der Waals surface area contributed by atoms with Crippen LogP contribution in [0.4, 0.5) is 0 Å². The van der Waals surface area contributed by atoms with Crippen LogP contribution in [0.15, 0.2) is 114 Å². The van der Waals surface area contributed by atoms with E-state index in [4.69, 9.17) is 4.99 Å². The summed E-state index contributed by atoms with van der Waals surface area (Å²) in [6.45, 7) is 0. The van der Waals surface area contributed by atoms with Gasteiger partial charge in [-0.1, -0.05) is 60.7 Å². The van der Waals surface area contributed by atoms with Gasteiger partial charge in [0.25, 0.3) is 0 Å². The fourth-order valence-corrected chi connectivity index (χ4v) is 4.97.